The molecule has 5 heteroatoms. The number of hydrogen-bond donors (Lipinski definition) is 0. The fourth-order valence-corrected chi connectivity index (χ4v) is 2.42. The molecular weight excluding hydrogens is 294 g/mol. The Morgan fingerprint density at radius 1 is 1.47 bits per heavy atom. The monoisotopic (exact) mass is 314 g/mol. The Labute approximate surface area is 106 Å². The maximum absolute atomic E-state index is 5.37. The van der Waals surface area contributed by atoms with Gasteiger partial charge in [0.15, 0.2) is 0 Å². The van der Waals surface area contributed by atoms with Gasteiger partial charge in [-0.1, -0.05) is 27.6 Å². The van der Waals surface area contributed by atoms with Crippen LogP contribution in [0.5, 0.6) is 0 Å². The number of rotatable bonds is 7. The van der Waals surface area contributed by atoms with E-state index in [1.807, 2.05) is 13.8 Å². The van der Waals surface area contributed by atoms with Crippen LogP contribution < -0.4 is 0 Å². The molecule has 15 heavy (non-hydrogen) atoms. The summed E-state index contributed by atoms with van der Waals surface area (Å²) < 4.78 is 10.7. The van der Waals surface area contributed by atoms with Crippen LogP contribution in [-0.4, -0.2) is 17.0 Å². The van der Waals surface area contributed by atoms with E-state index in [1.165, 1.54) is 5.57 Å². The molecule has 0 aliphatic heterocycles. The summed E-state index contributed by atoms with van der Waals surface area (Å²) >= 11 is 3.39. The molecule has 0 amide bonds. The molecule has 0 heterocycles. The molecule has 0 aliphatic carbocycles. The Balaban J connectivity index is 4.18. The third kappa shape index (κ3) is 6.34. The zero-order valence-electron chi connectivity index (χ0n) is 9.63. The third-order valence-electron chi connectivity index (χ3n) is 2.47. The van der Waals surface area contributed by atoms with Gasteiger partial charge in [-0.05, 0) is 33.6 Å². The largest absolute Gasteiger partial charge is 0.359 e. The maximum Gasteiger partial charge on any atom is 0.0925 e. The minimum atomic E-state index is -0.277. The Kier molecular flexibility index (Phi) is 8.69. The molecule has 0 fully saturated rings. The fraction of sp³-hybridized carbons (Fsp3) is 0.800. The van der Waals surface area contributed by atoms with Crippen molar-refractivity contribution in [2.75, 3.05) is 5.33 Å². The molecule has 0 aliphatic rings. The molecule has 0 N–H and O–H groups in total. The van der Waals surface area contributed by atoms with Crippen molar-refractivity contribution in [1.82, 2.24) is 0 Å². The normalized spacial score (nSPS) is 15.5. The number of alkyl halides is 1. The van der Waals surface area contributed by atoms with Gasteiger partial charge >= 0.3 is 0 Å². The highest BCUT2D eigenvalue weighted by molar-refractivity contribution is 9.09. The Morgan fingerprint density at radius 3 is 2.47 bits per heavy atom. The van der Waals surface area contributed by atoms with Crippen molar-refractivity contribution < 1.29 is 9.05 Å². The van der Waals surface area contributed by atoms with Crippen LogP contribution in [0.25, 0.3) is 0 Å². The smallest absolute Gasteiger partial charge is 0.0925 e. The Hall–Kier alpha value is 1.00. The first-order chi connectivity index (χ1) is 6.97. The molecule has 3 atom stereocenters. The van der Waals surface area contributed by atoms with E-state index in [2.05, 4.69) is 47.9 Å². The second-order valence-corrected chi connectivity index (χ2v) is 5.24. The van der Waals surface area contributed by atoms with Crippen molar-refractivity contribution in [2.45, 2.75) is 45.3 Å². The van der Waals surface area contributed by atoms with Gasteiger partial charge in [-0.25, -0.2) is 0 Å². The van der Waals surface area contributed by atoms with Gasteiger partial charge in [-0.2, -0.15) is 0 Å². The molecule has 0 bridgehead atoms. The fourth-order valence-electron chi connectivity index (χ4n) is 1.25. The average molecular weight is 315 g/mol. The van der Waals surface area contributed by atoms with Crippen molar-refractivity contribution in [1.29, 1.82) is 0 Å². The van der Waals surface area contributed by atoms with E-state index in [9.17, 15) is 0 Å². The van der Waals surface area contributed by atoms with Gasteiger partial charge in [0, 0.05) is 24.3 Å². The van der Waals surface area contributed by atoms with Crippen molar-refractivity contribution in [3.05, 3.63) is 11.6 Å². The van der Waals surface area contributed by atoms with Gasteiger partial charge in [0.2, 0.25) is 0 Å². The van der Waals surface area contributed by atoms with Crippen molar-refractivity contribution in [3.63, 3.8) is 0 Å². The van der Waals surface area contributed by atoms with Crippen molar-refractivity contribution in [3.8, 4) is 0 Å². The third-order valence-corrected chi connectivity index (χ3v) is 3.73. The first-order valence-corrected chi connectivity index (χ1v) is 6.99. The topological polar surface area (TPSA) is 18.5 Å². The highest BCUT2D eigenvalue weighted by atomic mass is 79.9. The summed E-state index contributed by atoms with van der Waals surface area (Å²) in [4.78, 5) is 0. The highest BCUT2D eigenvalue weighted by Crippen LogP contribution is 2.27. The molecule has 0 aromatic carbocycles. The molecule has 0 radical (unpaired) electrons. The van der Waals surface area contributed by atoms with Crippen LogP contribution in [0.3, 0.4) is 0 Å². The maximum atomic E-state index is 5.37. The van der Waals surface area contributed by atoms with Crippen molar-refractivity contribution in [2.24, 2.45) is 0 Å². The van der Waals surface area contributed by atoms with Gasteiger partial charge in [-0.3, -0.25) is 0 Å². The summed E-state index contributed by atoms with van der Waals surface area (Å²) in [6, 6.07) is 0. The minimum Gasteiger partial charge on any atom is -0.359 e. The lowest BCUT2D eigenvalue weighted by molar-refractivity contribution is 0.00564. The molecule has 2 nitrogen and oxygen atoms in total. The predicted molar refractivity (Wildman–Crippen MR) is 76.2 cm³/mol. The molecule has 0 aromatic rings. The second-order valence-electron chi connectivity index (χ2n) is 4.09. The molecule has 0 rings (SSSR count). The van der Waals surface area contributed by atoms with E-state index in [-0.39, 0.29) is 11.7 Å². The van der Waals surface area contributed by atoms with Gasteiger partial charge in [0.05, 0.1) is 11.7 Å². The summed E-state index contributed by atoms with van der Waals surface area (Å²) in [6.07, 6.45) is 4.25. The average Bonchev–Trinajstić information content (AvgIpc) is 2.19. The molecule has 90 valence electrons. The zero-order chi connectivity index (χ0) is 11.9. The van der Waals surface area contributed by atoms with Crippen LogP contribution in [0.15, 0.2) is 11.6 Å². The SMILES string of the molecule is C/C(=C\CBr)CCC(OP)C(C)(C)OP. The van der Waals surface area contributed by atoms with E-state index in [1.54, 1.807) is 0 Å². The Bertz CT molecular complexity index is 208. The number of allylic oxidation sites excluding steroid dienone is 2. The summed E-state index contributed by atoms with van der Waals surface area (Å²) in [5.74, 6) is 0. The summed E-state index contributed by atoms with van der Waals surface area (Å²) in [6.45, 7) is 6.19. The van der Waals surface area contributed by atoms with Gasteiger partial charge in [-0.15, -0.1) is 0 Å². The molecule has 0 saturated heterocycles. The minimum absolute atomic E-state index is 0.0821. The molecule has 0 spiro atoms. The van der Waals surface area contributed by atoms with Gasteiger partial charge in [0.1, 0.15) is 0 Å². The van der Waals surface area contributed by atoms with Gasteiger partial charge in [0.25, 0.3) is 0 Å². The van der Waals surface area contributed by atoms with Crippen LogP contribution in [0.4, 0.5) is 0 Å². The molecule has 0 aromatic heterocycles. The number of hydrogen-bond acceptors (Lipinski definition) is 2. The van der Waals surface area contributed by atoms with E-state index < -0.39 is 0 Å². The highest BCUT2D eigenvalue weighted by Gasteiger charge is 2.29. The second kappa shape index (κ2) is 8.14. The van der Waals surface area contributed by atoms with Gasteiger partial charge < -0.3 is 9.05 Å². The predicted octanol–water partition coefficient (Wildman–Crippen LogP) is 3.87. The standard InChI is InChI=1S/C10H21BrO2P2/c1-8(6-7-11)4-5-9(12-14)10(2,3)13-15/h6,9H,4-5,7,14-15H2,1-3H3/b8-6+. The molecule has 3 unspecified atom stereocenters. The lowest BCUT2D eigenvalue weighted by Crippen LogP contribution is -2.37. The lowest BCUT2D eigenvalue weighted by Gasteiger charge is -2.31. The van der Waals surface area contributed by atoms with Crippen LogP contribution in [0, 0.1) is 0 Å². The van der Waals surface area contributed by atoms with E-state index >= 15 is 0 Å². The zero-order valence-corrected chi connectivity index (χ0v) is 13.5. The summed E-state index contributed by atoms with van der Waals surface area (Å²) in [5.41, 5.74) is 1.10. The van der Waals surface area contributed by atoms with Crippen LogP contribution in [0.1, 0.15) is 33.6 Å². The van der Waals surface area contributed by atoms with Crippen LogP contribution >= 0.6 is 34.9 Å². The Morgan fingerprint density at radius 2 is 2.07 bits per heavy atom. The summed E-state index contributed by atoms with van der Waals surface area (Å²) in [5, 5.41) is 0.911. The first kappa shape index (κ1) is 16.0. The molecular formula is C10H21BrO2P2. The van der Waals surface area contributed by atoms with Crippen LogP contribution in [-0.2, 0) is 9.05 Å². The van der Waals surface area contributed by atoms with E-state index in [0.29, 0.717) is 0 Å². The van der Waals surface area contributed by atoms with Crippen LogP contribution in [0.2, 0.25) is 0 Å². The molecule has 0 saturated carbocycles. The number of halogens is 1. The van der Waals surface area contributed by atoms with E-state index in [4.69, 9.17) is 9.05 Å². The quantitative estimate of drug-likeness (QED) is 0.403. The van der Waals surface area contributed by atoms with E-state index in [0.717, 1.165) is 18.2 Å². The lowest BCUT2D eigenvalue weighted by atomic mass is 9.96. The van der Waals surface area contributed by atoms with Crippen molar-refractivity contribution >= 4 is 34.9 Å². The summed E-state index contributed by atoms with van der Waals surface area (Å²) in [7, 11) is 4.63. The first-order valence-electron chi connectivity index (χ1n) is 4.93.